The van der Waals surface area contributed by atoms with E-state index in [9.17, 15) is 0 Å². The molecule has 4 heteroatoms. The molecule has 2 heterocycles. The molecule has 112 valence electrons. The zero-order valence-electron chi connectivity index (χ0n) is 17.7. The van der Waals surface area contributed by atoms with Crippen molar-refractivity contribution in [3.05, 3.63) is 36.2 Å². The Hall–Kier alpha value is -1.65. The van der Waals surface area contributed by atoms with Crippen molar-refractivity contribution >= 4 is 10.8 Å². The molecular weight excluding hydrogens is 264 g/mol. The number of rotatable bonds is 5. The predicted molar refractivity (Wildman–Crippen MR) is 83.9 cm³/mol. The lowest BCUT2D eigenvalue weighted by Crippen LogP contribution is -2.17. The van der Waals surface area contributed by atoms with E-state index in [1.807, 2.05) is 18.2 Å². The Kier molecular flexibility index (Phi) is 2.66. The quantitative estimate of drug-likeness (QED) is 0.848. The summed E-state index contributed by atoms with van der Waals surface area (Å²) in [5, 5.41) is 1.69. The summed E-state index contributed by atoms with van der Waals surface area (Å²) in [5.41, 5.74) is 0.750. The van der Waals surface area contributed by atoms with Gasteiger partial charge in [0, 0.05) is 44.4 Å². The van der Waals surface area contributed by atoms with Gasteiger partial charge >= 0.3 is 0 Å². The fraction of sp³-hybridized carbons (Fsp3) is 0.471. The summed E-state index contributed by atoms with van der Waals surface area (Å²) in [5.74, 6) is 0.676. The molecule has 0 saturated carbocycles. The molecule has 0 radical (unpaired) electrons. The van der Waals surface area contributed by atoms with Gasteiger partial charge in [-0.15, -0.1) is 0 Å². The number of ether oxygens (including phenoxy) is 2. The van der Waals surface area contributed by atoms with E-state index >= 15 is 0 Å². The lowest BCUT2D eigenvalue weighted by atomic mass is 10.0. The predicted octanol–water partition coefficient (Wildman–Crippen LogP) is 2.51. The van der Waals surface area contributed by atoms with Crippen LogP contribution in [0.25, 0.3) is 10.8 Å². The number of likely N-dealkylation sites (N-methyl/N-ethyl adjacent to an activating group) is 1. The van der Waals surface area contributed by atoms with Crippen molar-refractivity contribution in [1.29, 1.82) is 0 Å². The molecule has 1 aliphatic heterocycles. The van der Waals surface area contributed by atoms with Gasteiger partial charge in [0.2, 0.25) is 0 Å². The van der Waals surface area contributed by atoms with Gasteiger partial charge < -0.3 is 14.4 Å². The molecule has 1 saturated heterocycles. The third kappa shape index (κ3) is 3.34. The lowest BCUT2D eigenvalue weighted by molar-refractivity contribution is 0.142. The van der Waals surface area contributed by atoms with Crippen LogP contribution in [0.15, 0.2) is 30.6 Å². The summed E-state index contributed by atoms with van der Waals surface area (Å²) in [6, 6.07) is 5.63. The van der Waals surface area contributed by atoms with Gasteiger partial charge in [-0.25, -0.2) is 0 Å². The molecular formula is C17H22N2O2. The van der Waals surface area contributed by atoms with Gasteiger partial charge in [0.1, 0.15) is 11.9 Å². The fourth-order valence-electron chi connectivity index (χ4n) is 2.58. The third-order valence-electron chi connectivity index (χ3n) is 3.61. The van der Waals surface area contributed by atoms with Gasteiger partial charge in [-0.2, -0.15) is 0 Å². The molecule has 1 fully saturated rings. The molecule has 1 aliphatic rings. The van der Waals surface area contributed by atoms with Gasteiger partial charge in [-0.05, 0) is 32.0 Å². The van der Waals surface area contributed by atoms with E-state index in [2.05, 4.69) is 4.98 Å². The van der Waals surface area contributed by atoms with Crippen molar-refractivity contribution in [2.75, 3.05) is 33.7 Å². The highest BCUT2D eigenvalue weighted by atomic mass is 16.5. The molecule has 0 aliphatic carbocycles. The minimum absolute atomic E-state index is 0.0298. The van der Waals surface area contributed by atoms with Crippen LogP contribution in [-0.4, -0.2) is 49.7 Å². The number of pyridine rings is 1. The Balaban J connectivity index is 1.89. The van der Waals surface area contributed by atoms with Gasteiger partial charge in [0.15, 0.2) is 0 Å². The van der Waals surface area contributed by atoms with E-state index < -0.39 is 14.0 Å². The summed E-state index contributed by atoms with van der Waals surface area (Å²) in [6.45, 7) is -4.36. The maximum atomic E-state index is 7.51. The standard InChI is InChI=1S/C17H22N2O2/c1-19(2)8-6-14-11-18-10-13-4-3-5-16(17(13)14)21-15-7-9-20-12-15/h3-5,10-11,15H,6-9,12H2,1-2H3/t15-/m1/s1/i1D3,2D3. The Morgan fingerprint density at radius 3 is 3.19 bits per heavy atom. The van der Waals surface area contributed by atoms with E-state index in [-0.39, 0.29) is 19.1 Å². The van der Waals surface area contributed by atoms with Crippen LogP contribution in [0.1, 0.15) is 20.2 Å². The minimum Gasteiger partial charge on any atom is -0.487 e. The van der Waals surface area contributed by atoms with Gasteiger partial charge in [-0.3, -0.25) is 4.98 Å². The first-order valence-corrected chi connectivity index (χ1v) is 7.04. The second-order valence-corrected chi connectivity index (χ2v) is 5.16. The van der Waals surface area contributed by atoms with Crippen molar-refractivity contribution in [1.82, 2.24) is 9.88 Å². The summed E-state index contributed by atoms with van der Waals surface area (Å²) < 4.78 is 56.5. The highest BCUT2D eigenvalue weighted by Gasteiger charge is 2.19. The molecule has 0 unspecified atom stereocenters. The van der Waals surface area contributed by atoms with E-state index in [0.717, 1.165) is 22.8 Å². The molecule has 0 amide bonds. The van der Waals surface area contributed by atoms with Crippen LogP contribution in [0.4, 0.5) is 0 Å². The highest BCUT2D eigenvalue weighted by Crippen LogP contribution is 2.30. The Morgan fingerprint density at radius 2 is 2.38 bits per heavy atom. The lowest BCUT2D eigenvalue weighted by Gasteiger charge is -2.17. The number of aromatic nitrogens is 1. The van der Waals surface area contributed by atoms with Crippen molar-refractivity contribution in [2.24, 2.45) is 0 Å². The van der Waals surface area contributed by atoms with E-state index in [1.54, 1.807) is 12.4 Å². The molecule has 0 spiro atoms. The average Bonchev–Trinajstić information content (AvgIpc) is 3.06. The molecule has 1 aromatic carbocycles. The van der Waals surface area contributed by atoms with Crippen LogP contribution in [0.5, 0.6) is 5.75 Å². The summed E-state index contributed by atoms with van der Waals surface area (Å²) >= 11 is 0. The SMILES string of the molecule is [2H]C([2H])([2H])N(CCc1cncc2cccc(O[C@@H]3CCOC3)c12)C([2H])([2H])[2H]. The smallest absolute Gasteiger partial charge is 0.128 e. The zero-order chi connectivity index (χ0) is 19.7. The summed E-state index contributed by atoms with van der Waals surface area (Å²) in [4.78, 5) is 4.77. The number of benzene rings is 1. The fourth-order valence-corrected chi connectivity index (χ4v) is 2.58. The van der Waals surface area contributed by atoms with Crippen molar-refractivity contribution in [3.63, 3.8) is 0 Å². The molecule has 4 nitrogen and oxygen atoms in total. The molecule has 0 bridgehead atoms. The molecule has 0 N–H and O–H groups in total. The largest absolute Gasteiger partial charge is 0.487 e. The minimum atomic E-state index is -2.70. The second-order valence-electron chi connectivity index (χ2n) is 5.16. The molecule has 21 heavy (non-hydrogen) atoms. The Bertz CT molecular complexity index is 768. The van der Waals surface area contributed by atoms with Crippen LogP contribution >= 0.6 is 0 Å². The zero-order valence-corrected chi connectivity index (χ0v) is 11.7. The van der Waals surface area contributed by atoms with Crippen LogP contribution in [0.2, 0.25) is 0 Å². The molecule has 3 rings (SSSR count). The maximum absolute atomic E-state index is 7.51. The second kappa shape index (κ2) is 6.41. The monoisotopic (exact) mass is 292 g/mol. The normalized spacial score (nSPS) is 24.0. The van der Waals surface area contributed by atoms with Crippen molar-refractivity contribution in [2.45, 2.75) is 18.9 Å². The summed E-state index contributed by atoms with van der Waals surface area (Å²) in [6.07, 6.45) is 4.35. The third-order valence-corrected chi connectivity index (χ3v) is 3.61. The van der Waals surface area contributed by atoms with Crippen LogP contribution in [0, 0.1) is 0 Å². The number of nitrogens with zero attached hydrogens (tertiary/aromatic N) is 2. The van der Waals surface area contributed by atoms with Gasteiger partial charge in [0.05, 0.1) is 13.2 Å². The molecule has 2 aromatic rings. The average molecular weight is 292 g/mol. The molecule has 1 atom stereocenters. The summed E-state index contributed by atoms with van der Waals surface area (Å²) in [7, 11) is 0. The first-order valence-electron chi connectivity index (χ1n) is 10.0. The van der Waals surface area contributed by atoms with E-state index in [4.69, 9.17) is 17.7 Å². The number of fused-ring (bicyclic) bond motifs is 1. The number of hydrogen-bond donors (Lipinski definition) is 0. The van der Waals surface area contributed by atoms with E-state index in [1.165, 1.54) is 0 Å². The van der Waals surface area contributed by atoms with Crippen LogP contribution < -0.4 is 4.74 Å². The maximum Gasteiger partial charge on any atom is 0.128 e. The van der Waals surface area contributed by atoms with Gasteiger partial charge in [0.25, 0.3) is 0 Å². The first-order chi connectivity index (χ1) is 12.7. The highest BCUT2D eigenvalue weighted by molar-refractivity contribution is 5.90. The Morgan fingerprint density at radius 1 is 1.43 bits per heavy atom. The number of hydrogen-bond acceptors (Lipinski definition) is 4. The Labute approximate surface area is 134 Å². The van der Waals surface area contributed by atoms with Gasteiger partial charge in [-0.1, -0.05) is 12.1 Å². The van der Waals surface area contributed by atoms with Crippen LogP contribution in [0.3, 0.4) is 0 Å². The van der Waals surface area contributed by atoms with Crippen LogP contribution in [-0.2, 0) is 11.2 Å². The first kappa shape index (κ1) is 8.71. The van der Waals surface area contributed by atoms with Crippen molar-refractivity contribution < 1.29 is 17.7 Å². The molecule has 1 aromatic heterocycles. The topological polar surface area (TPSA) is 34.6 Å². The van der Waals surface area contributed by atoms with Crippen molar-refractivity contribution in [3.8, 4) is 5.75 Å². The van der Waals surface area contributed by atoms with E-state index in [0.29, 0.717) is 23.9 Å².